The fourth-order valence-corrected chi connectivity index (χ4v) is 3.20. The molecule has 8 heteroatoms. The molecular weight excluding hydrogens is 519 g/mol. The third-order valence-corrected chi connectivity index (χ3v) is 5.11. The molecule has 0 saturated carbocycles. The van der Waals surface area contributed by atoms with E-state index < -0.39 is 0 Å². The minimum absolute atomic E-state index is 0. The maximum Gasteiger partial charge on any atom is 0.191 e. The molecule has 0 amide bonds. The highest BCUT2D eigenvalue weighted by molar-refractivity contribution is 14.0. The summed E-state index contributed by atoms with van der Waals surface area (Å²) in [4.78, 5) is 6.63. The molecule has 2 aromatic carbocycles. The van der Waals surface area contributed by atoms with Crippen LogP contribution in [0.2, 0.25) is 0 Å². The second kappa shape index (κ2) is 15.6. The van der Waals surface area contributed by atoms with E-state index in [4.69, 9.17) is 14.2 Å². The van der Waals surface area contributed by atoms with Crippen molar-refractivity contribution in [2.75, 3.05) is 47.5 Å². The molecule has 0 heterocycles. The molecule has 0 unspecified atom stereocenters. The highest BCUT2D eigenvalue weighted by Gasteiger charge is 2.08. The Balaban J connectivity index is 0.00000512. The van der Waals surface area contributed by atoms with Gasteiger partial charge in [0.15, 0.2) is 17.5 Å². The van der Waals surface area contributed by atoms with Gasteiger partial charge >= 0.3 is 0 Å². The summed E-state index contributed by atoms with van der Waals surface area (Å²) in [5.41, 5.74) is 2.15. The van der Waals surface area contributed by atoms with Crippen molar-refractivity contribution in [3.05, 3.63) is 53.6 Å². The van der Waals surface area contributed by atoms with Gasteiger partial charge in [-0.1, -0.05) is 38.1 Å². The lowest BCUT2D eigenvalue weighted by atomic mass is 10.2. The number of halogens is 1. The van der Waals surface area contributed by atoms with Gasteiger partial charge in [-0.3, -0.25) is 4.99 Å². The maximum absolute atomic E-state index is 5.94. The van der Waals surface area contributed by atoms with Gasteiger partial charge in [0.2, 0.25) is 0 Å². The molecule has 0 aliphatic rings. The molecule has 7 nitrogen and oxygen atoms in total. The van der Waals surface area contributed by atoms with Gasteiger partial charge in [-0.25, -0.2) is 0 Å². The average molecular weight is 556 g/mol. The number of benzene rings is 2. The largest absolute Gasteiger partial charge is 0.496 e. The zero-order valence-corrected chi connectivity index (χ0v) is 22.1. The lowest BCUT2D eigenvalue weighted by molar-refractivity contribution is 0.217. The zero-order valence-electron chi connectivity index (χ0n) is 19.8. The molecule has 0 bridgehead atoms. The number of nitrogens with one attached hydrogen (secondary N) is 2. The number of aliphatic imine (C=N–C) groups is 1. The third-order valence-electron chi connectivity index (χ3n) is 5.11. The SMILES string of the molecule is CCN(CC)CCOc1ccc(CNC(=NC)NCc2ccccc2OC)cc1OC.I. The fourth-order valence-electron chi connectivity index (χ4n) is 3.20. The first-order chi connectivity index (χ1) is 15.1. The minimum Gasteiger partial charge on any atom is -0.496 e. The Kier molecular flexibility index (Phi) is 13.5. The van der Waals surface area contributed by atoms with Crippen LogP contribution >= 0.6 is 24.0 Å². The predicted molar refractivity (Wildman–Crippen MR) is 142 cm³/mol. The van der Waals surface area contributed by atoms with Gasteiger partial charge in [0, 0.05) is 32.2 Å². The highest BCUT2D eigenvalue weighted by Crippen LogP contribution is 2.28. The predicted octanol–water partition coefficient (Wildman–Crippen LogP) is 3.91. The van der Waals surface area contributed by atoms with Crippen molar-refractivity contribution >= 4 is 29.9 Å². The van der Waals surface area contributed by atoms with Gasteiger partial charge in [0.25, 0.3) is 0 Å². The second-order valence-electron chi connectivity index (χ2n) is 6.95. The molecule has 2 aromatic rings. The summed E-state index contributed by atoms with van der Waals surface area (Å²) in [5, 5.41) is 6.65. The summed E-state index contributed by atoms with van der Waals surface area (Å²) in [6.45, 7) is 9.12. The summed E-state index contributed by atoms with van der Waals surface area (Å²) >= 11 is 0. The van der Waals surface area contributed by atoms with Crippen LogP contribution in [0.1, 0.15) is 25.0 Å². The van der Waals surface area contributed by atoms with E-state index in [1.165, 1.54) is 0 Å². The first-order valence-electron chi connectivity index (χ1n) is 10.7. The Labute approximate surface area is 209 Å². The summed E-state index contributed by atoms with van der Waals surface area (Å²) in [6.07, 6.45) is 0. The van der Waals surface area contributed by atoms with Crippen molar-refractivity contribution in [2.24, 2.45) is 4.99 Å². The number of hydrogen-bond acceptors (Lipinski definition) is 5. The smallest absolute Gasteiger partial charge is 0.191 e. The van der Waals surface area contributed by atoms with E-state index in [1.807, 2.05) is 42.5 Å². The maximum atomic E-state index is 5.94. The van der Waals surface area contributed by atoms with Gasteiger partial charge < -0.3 is 29.7 Å². The van der Waals surface area contributed by atoms with Crippen molar-refractivity contribution in [1.29, 1.82) is 0 Å². The zero-order chi connectivity index (χ0) is 22.5. The number of hydrogen-bond donors (Lipinski definition) is 2. The summed E-state index contributed by atoms with van der Waals surface area (Å²) < 4.78 is 16.9. The van der Waals surface area contributed by atoms with Gasteiger partial charge in [0.05, 0.1) is 14.2 Å². The topological polar surface area (TPSA) is 67.4 Å². The van der Waals surface area contributed by atoms with E-state index in [0.29, 0.717) is 25.7 Å². The van der Waals surface area contributed by atoms with Crippen LogP contribution in [0.5, 0.6) is 17.2 Å². The quantitative estimate of drug-likeness (QED) is 0.235. The van der Waals surface area contributed by atoms with Crippen molar-refractivity contribution in [2.45, 2.75) is 26.9 Å². The van der Waals surface area contributed by atoms with Crippen LogP contribution in [0, 0.1) is 0 Å². The first-order valence-corrected chi connectivity index (χ1v) is 10.7. The number of ether oxygens (including phenoxy) is 3. The van der Waals surface area contributed by atoms with Gasteiger partial charge in [-0.2, -0.15) is 0 Å². The number of para-hydroxylation sites is 1. The lowest BCUT2D eigenvalue weighted by Gasteiger charge is -2.19. The van der Waals surface area contributed by atoms with E-state index in [1.54, 1.807) is 21.3 Å². The molecule has 0 aromatic heterocycles. The van der Waals surface area contributed by atoms with Gasteiger partial charge in [0.1, 0.15) is 12.4 Å². The van der Waals surface area contributed by atoms with Crippen LogP contribution < -0.4 is 24.8 Å². The van der Waals surface area contributed by atoms with Crippen LogP contribution in [0.25, 0.3) is 0 Å². The number of rotatable bonds is 12. The molecule has 2 N–H and O–H groups in total. The van der Waals surface area contributed by atoms with Crippen molar-refractivity contribution in [1.82, 2.24) is 15.5 Å². The van der Waals surface area contributed by atoms with Crippen LogP contribution in [-0.4, -0.2) is 58.4 Å². The number of guanidine groups is 1. The van der Waals surface area contributed by atoms with Crippen LogP contribution in [0.4, 0.5) is 0 Å². The summed E-state index contributed by atoms with van der Waals surface area (Å²) in [5.74, 6) is 3.06. The van der Waals surface area contributed by atoms with E-state index in [-0.39, 0.29) is 24.0 Å². The molecule has 0 aliphatic carbocycles. The third kappa shape index (κ3) is 8.74. The number of methoxy groups -OCH3 is 2. The Bertz CT molecular complexity index is 829. The Morgan fingerprint density at radius 3 is 2.25 bits per heavy atom. The Hall–Kier alpha value is -2.20. The second-order valence-corrected chi connectivity index (χ2v) is 6.95. The van der Waals surface area contributed by atoms with E-state index in [2.05, 4.69) is 34.4 Å². The number of nitrogens with zero attached hydrogens (tertiary/aromatic N) is 2. The Morgan fingerprint density at radius 1 is 0.906 bits per heavy atom. The molecule has 0 atom stereocenters. The monoisotopic (exact) mass is 556 g/mol. The van der Waals surface area contributed by atoms with Gasteiger partial charge in [-0.15, -0.1) is 24.0 Å². The van der Waals surface area contributed by atoms with Crippen LogP contribution in [0.3, 0.4) is 0 Å². The van der Waals surface area contributed by atoms with Gasteiger partial charge in [-0.05, 0) is 36.9 Å². The molecule has 2 rings (SSSR count). The lowest BCUT2D eigenvalue weighted by Crippen LogP contribution is -2.36. The highest BCUT2D eigenvalue weighted by atomic mass is 127. The summed E-state index contributed by atoms with van der Waals surface area (Å²) in [7, 11) is 5.10. The standard InChI is InChI=1S/C24H36N4O3.HI/c1-6-28(7-2)14-15-31-22-13-12-19(16-23(22)30-5)17-26-24(25-3)27-18-20-10-8-9-11-21(20)29-4;/h8-13,16H,6-7,14-15,17-18H2,1-5H3,(H2,25,26,27);1H. The van der Waals surface area contributed by atoms with Crippen molar-refractivity contribution < 1.29 is 14.2 Å². The number of likely N-dealkylation sites (N-methyl/N-ethyl adjacent to an activating group) is 1. The fraction of sp³-hybridized carbons (Fsp3) is 0.458. The van der Waals surface area contributed by atoms with E-state index >= 15 is 0 Å². The molecule has 0 fully saturated rings. The molecular formula is C24H37IN4O3. The Morgan fingerprint density at radius 2 is 1.59 bits per heavy atom. The minimum atomic E-state index is 0. The van der Waals surface area contributed by atoms with E-state index in [9.17, 15) is 0 Å². The van der Waals surface area contributed by atoms with Crippen LogP contribution in [0.15, 0.2) is 47.5 Å². The first kappa shape index (κ1) is 27.8. The van der Waals surface area contributed by atoms with Crippen molar-refractivity contribution in [3.8, 4) is 17.2 Å². The molecule has 32 heavy (non-hydrogen) atoms. The average Bonchev–Trinajstić information content (AvgIpc) is 2.82. The van der Waals surface area contributed by atoms with Crippen molar-refractivity contribution in [3.63, 3.8) is 0 Å². The molecule has 178 valence electrons. The molecule has 0 spiro atoms. The molecule has 0 aliphatic heterocycles. The normalized spacial score (nSPS) is 11.0. The molecule has 0 saturated heterocycles. The van der Waals surface area contributed by atoms with E-state index in [0.717, 1.165) is 48.0 Å². The van der Waals surface area contributed by atoms with Crippen LogP contribution in [-0.2, 0) is 13.1 Å². The molecule has 0 radical (unpaired) electrons. The summed E-state index contributed by atoms with van der Waals surface area (Å²) in [6, 6.07) is 13.9.